The van der Waals surface area contributed by atoms with Crippen LogP contribution in [0.25, 0.3) is 0 Å². The molecular formula is C29H41F3N2O5. The Morgan fingerprint density at radius 3 is 1.87 bits per heavy atom. The van der Waals surface area contributed by atoms with E-state index >= 15 is 0 Å². The van der Waals surface area contributed by atoms with E-state index in [9.17, 15) is 37.5 Å². The number of likely N-dealkylation sites (tertiary alicyclic amines) is 1. The van der Waals surface area contributed by atoms with E-state index < -0.39 is 29.5 Å². The molecule has 0 aliphatic carbocycles. The van der Waals surface area contributed by atoms with E-state index in [-0.39, 0.29) is 23.9 Å². The summed E-state index contributed by atoms with van der Waals surface area (Å²) in [5.41, 5.74) is -1.16. The van der Waals surface area contributed by atoms with Crippen LogP contribution in [0.3, 0.4) is 0 Å². The Morgan fingerprint density at radius 2 is 1.38 bits per heavy atom. The summed E-state index contributed by atoms with van der Waals surface area (Å²) in [4.78, 5) is 51.4. The number of piperidine rings is 1. The Balaban J connectivity index is 1.78. The second-order valence-corrected chi connectivity index (χ2v) is 10.4. The van der Waals surface area contributed by atoms with Crippen molar-refractivity contribution in [2.45, 2.75) is 96.6 Å². The molecule has 1 N–H and O–H groups in total. The molecule has 1 aromatic rings. The van der Waals surface area contributed by atoms with Crippen molar-refractivity contribution in [2.24, 2.45) is 5.92 Å². The van der Waals surface area contributed by atoms with E-state index in [1.54, 1.807) is 4.90 Å². The molecule has 10 heteroatoms. The quantitative estimate of drug-likeness (QED) is 0.215. The van der Waals surface area contributed by atoms with Crippen molar-refractivity contribution in [2.75, 3.05) is 19.6 Å². The number of carboxylic acid groups (broad SMARTS) is 1. The number of aliphatic carboxylic acids is 1. The number of carbonyl (C=O) groups excluding carboxylic acids is 3. The molecule has 0 aromatic heterocycles. The van der Waals surface area contributed by atoms with Gasteiger partial charge in [-0.25, -0.2) is 4.79 Å². The molecule has 1 heterocycles. The molecule has 1 aliphatic rings. The molecule has 7 nitrogen and oxygen atoms in total. The van der Waals surface area contributed by atoms with Gasteiger partial charge < -0.3 is 10.0 Å². The number of amides is 3. The summed E-state index contributed by atoms with van der Waals surface area (Å²) in [6, 6.07) is 3.30. The van der Waals surface area contributed by atoms with Gasteiger partial charge in [0, 0.05) is 31.6 Å². The smallest absolute Gasteiger partial charge is 0.416 e. The predicted molar refractivity (Wildman–Crippen MR) is 141 cm³/mol. The number of nitrogens with zero attached hydrogens (tertiary/aromatic N) is 2. The number of imide groups is 1. The molecule has 39 heavy (non-hydrogen) atoms. The van der Waals surface area contributed by atoms with Crippen LogP contribution in [0, 0.1) is 5.92 Å². The number of carboxylic acids is 1. The first-order chi connectivity index (χ1) is 18.5. The zero-order valence-electron chi connectivity index (χ0n) is 22.8. The summed E-state index contributed by atoms with van der Waals surface area (Å²) in [6.07, 6.45) is 8.76. The monoisotopic (exact) mass is 554 g/mol. The van der Waals surface area contributed by atoms with Crippen molar-refractivity contribution >= 4 is 23.7 Å². The minimum absolute atomic E-state index is 0.0762. The third-order valence-corrected chi connectivity index (χ3v) is 7.28. The molecule has 0 spiro atoms. The molecule has 1 aromatic carbocycles. The Morgan fingerprint density at radius 1 is 0.872 bits per heavy atom. The van der Waals surface area contributed by atoms with Gasteiger partial charge in [0.15, 0.2) is 0 Å². The number of hydrogen-bond donors (Lipinski definition) is 1. The van der Waals surface area contributed by atoms with E-state index in [2.05, 4.69) is 6.92 Å². The van der Waals surface area contributed by atoms with Crippen LogP contribution in [0.15, 0.2) is 24.3 Å². The Bertz CT molecular complexity index is 941. The summed E-state index contributed by atoms with van der Waals surface area (Å²) >= 11 is 0. The second-order valence-electron chi connectivity index (χ2n) is 10.4. The maximum absolute atomic E-state index is 12.9. The van der Waals surface area contributed by atoms with Gasteiger partial charge in [0.25, 0.3) is 5.91 Å². The van der Waals surface area contributed by atoms with Gasteiger partial charge in [0.2, 0.25) is 5.91 Å². The lowest BCUT2D eigenvalue weighted by Gasteiger charge is -2.34. The molecule has 1 fully saturated rings. The second kappa shape index (κ2) is 16.3. The maximum atomic E-state index is 12.9. The van der Waals surface area contributed by atoms with Crippen LogP contribution in [-0.4, -0.2) is 58.2 Å². The number of rotatable bonds is 14. The molecule has 0 radical (unpaired) electrons. The Kier molecular flexibility index (Phi) is 13.5. The first-order valence-electron chi connectivity index (χ1n) is 14.1. The number of hydrogen-bond acceptors (Lipinski definition) is 4. The number of benzene rings is 1. The molecule has 218 valence electrons. The minimum Gasteiger partial charge on any atom is -0.474 e. The summed E-state index contributed by atoms with van der Waals surface area (Å²) in [7, 11) is 0. The number of unbranched alkanes of at least 4 members (excludes halogenated alkanes) is 9. The first kappa shape index (κ1) is 32.3. The lowest BCUT2D eigenvalue weighted by atomic mass is 9.95. The molecular weight excluding hydrogens is 513 g/mol. The van der Waals surface area contributed by atoms with Crippen molar-refractivity contribution in [1.82, 2.24) is 9.80 Å². The van der Waals surface area contributed by atoms with Crippen molar-refractivity contribution in [3.05, 3.63) is 35.4 Å². The van der Waals surface area contributed by atoms with Crippen LogP contribution in [0.4, 0.5) is 13.2 Å². The number of halogens is 3. The highest BCUT2D eigenvalue weighted by atomic mass is 19.4. The minimum atomic E-state index is -4.59. The van der Waals surface area contributed by atoms with Gasteiger partial charge in [-0.1, -0.05) is 64.7 Å². The summed E-state index contributed by atoms with van der Waals surface area (Å²) in [5.74, 6) is -4.35. The Labute approximate surface area is 228 Å². The van der Waals surface area contributed by atoms with Gasteiger partial charge in [-0.05, 0) is 49.4 Å². The van der Waals surface area contributed by atoms with Crippen molar-refractivity contribution < 1.29 is 37.5 Å². The fourth-order valence-electron chi connectivity index (χ4n) is 4.88. The summed E-state index contributed by atoms with van der Waals surface area (Å²) in [5, 5.41) is 9.19. The Hall–Kier alpha value is -2.91. The fraction of sp³-hybridized carbons (Fsp3) is 0.655. The lowest BCUT2D eigenvalue weighted by Crippen LogP contribution is -2.47. The van der Waals surface area contributed by atoms with Gasteiger partial charge in [-0.2, -0.15) is 13.2 Å². The van der Waals surface area contributed by atoms with Crippen LogP contribution < -0.4 is 0 Å². The summed E-state index contributed by atoms with van der Waals surface area (Å²) < 4.78 is 38.5. The zero-order valence-corrected chi connectivity index (χ0v) is 22.8. The SMILES string of the molecule is CCCCCCCCCCCCC(=O)N1CCC(CN(C(=O)C(=O)O)C(=O)c2ccc(C(F)(F)F)cc2)CC1. The topological polar surface area (TPSA) is 95.0 Å². The third-order valence-electron chi connectivity index (χ3n) is 7.28. The molecule has 0 atom stereocenters. The van der Waals surface area contributed by atoms with Gasteiger partial charge >= 0.3 is 18.1 Å². The zero-order chi connectivity index (χ0) is 28.8. The average molecular weight is 555 g/mol. The molecule has 0 saturated carbocycles. The highest BCUT2D eigenvalue weighted by molar-refractivity contribution is 6.35. The standard InChI is InChI=1S/C29H41F3N2O5/c1-2-3-4-5-6-7-8-9-10-11-12-25(35)33-19-17-22(18-20-33)21-34(27(37)28(38)39)26(36)23-13-15-24(16-14-23)29(30,31)32/h13-16,22H,2-12,17-21H2,1H3,(H,38,39). The third kappa shape index (κ3) is 11.0. The maximum Gasteiger partial charge on any atom is 0.416 e. The van der Waals surface area contributed by atoms with Crippen LogP contribution in [-0.2, 0) is 20.6 Å². The van der Waals surface area contributed by atoms with E-state index in [1.165, 1.54) is 44.9 Å². The van der Waals surface area contributed by atoms with Crippen LogP contribution >= 0.6 is 0 Å². The fourth-order valence-corrected chi connectivity index (χ4v) is 4.88. The van der Waals surface area contributed by atoms with Gasteiger partial charge in [-0.15, -0.1) is 0 Å². The number of carbonyl (C=O) groups is 4. The van der Waals surface area contributed by atoms with Crippen LogP contribution in [0.1, 0.15) is 106 Å². The van der Waals surface area contributed by atoms with E-state index in [1.807, 2.05) is 0 Å². The molecule has 1 aliphatic heterocycles. The molecule has 0 bridgehead atoms. The summed E-state index contributed by atoms with van der Waals surface area (Å²) in [6.45, 7) is 2.93. The van der Waals surface area contributed by atoms with Crippen molar-refractivity contribution in [1.29, 1.82) is 0 Å². The predicted octanol–water partition coefficient (Wildman–Crippen LogP) is 6.31. The lowest BCUT2D eigenvalue weighted by molar-refractivity contribution is -0.154. The highest BCUT2D eigenvalue weighted by Gasteiger charge is 2.34. The van der Waals surface area contributed by atoms with Crippen LogP contribution in [0.5, 0.6) is 0 Å². The normalized spacial score (nSPS) is 14.3. The first-order valence-corrected chi connectivity index (χ1v) is 14.1. The highest BCUT2D eigenvalue weighted by Crippen LogP contribution is 2.29. The van der Waals surface area contributed by atoms with Gasteiger partial charge in [0.05, 0.1) is 5.56 Å². The molecule has 3 amide bonds. The molecule has 2 rings (SSSR count). The van der Waals surface area contributed by atoms with Crippen molar-refractivity contribution in [3.8, 4) is 0 Å². The van der Waals surface area contributed by atoms with Crippen LogP contribution in [0.2, 0.25) is 0 Å². The van der Waals surface area contributed by atoms with E-state index in [0.29, 0.717) is 37.3 Å². The number of alkyl halides is 3. The van der Waals surface area contributed by atoms with E-state index in [0.717, 1.165) is 43.5 Å². The molecule has 0 unspecified atom stereocenters. The van der Waals surface area contributed by atoms with E-state index in [4.69, 9.17) is 0 Å². The van der Waals surface area contributed by atoms with Gasteiger partial charge in [0.1, 0.15) is 0 Å². The molecule has 1 saturated heterocycles. The largest absolute Gasteiger partial charge is 0.474 e. The average Bonchev–Trinajstić information content (AvgIpc) is 2.91. The van der Waals surface area contributed by atoms with Gasteiger partial charge in [-0.3, -0.25) is 19.3 Å². The van der Waals surface area contributed by atoms with Crippen molar-refractivity contribution in [3.63, 3.8) is 0 Å².